The Kier molecular flexibility index (Phi) is 8.16. The minimum atomic E-state index is -0.393. The Hall–Kier alpha value is -3.26. The van der Waals surface area contributed by atoms with E-state index in [9.17, 15) is 14.4 Å². The molecule has 7 nitrogen and oxygen atoms in total. The van der Waals surface area contributed by atoms with Crippen LogP contribution in [0.5, 0.6) is 0 Å². The lowest BCUT2D eigenvalue weighted by Gasteiger charge is -2.15. The van der Waals surface area contributed by atoms with Crippen molar-refractivity contribution in [3.05, 3.63) is 70.6 Å². The summed E-state index contributed by atoms with van der Waals surface area (Å²) in [6.07, 6.45) is 1.83. The van der Waals surface area contributed by atoms with E-state index >= 15 is 0 Å². The molecule has 174 valence electrons. The van der Waals surface area contributed by atoms with Gasteiger partial charge in [0.25, 0.3) is 5.56 Å². The van der Waals surface area contributed by atoms with E-state index in [1.807, 2.05) is 75.4 Å². The van der Waals surface area contributed by atoms with Gasteiger partial charge in [0.2, 0.25) is 11.8 Å². The van der Waals surface area contributed by atoms with Gasteiger partial charge in [0.15, 0.2) is 0 Å². The maximum absolute atomic E-state index is 13.1. The van der Waals surface area contributed by atoms with Crippen LogP contribution in [0, 0.1) is 6.92 Å². The Labute approximate surface area is 198 Å². The molecule has 33 heavy (non-hydrogen) atoms. The molecule has 1 aromatic heterocycles. The van der Waals surface area contributed by atoms with E-state index in [0.717, 1.165) is 17.0 Å². The highest BCUT2D eigenvalue weighted by Crippen LogP contribution is 2.29. The van der Waals surface area contributed by atoms with Crippen molar-refractivity contribution in [2.45, 2.75) is 50.2 Å². The molecule has 0 aliphatic carbocycles. The summed E-state index contributed by atoms with van der Waals surface area (Å²) in [5.74, 6) is -0.257. The van der Waals surface area contributed by atoms with Crippen LogP contribution in [-0.2, 0) is 16.6 Å². The number of benzene rings is 2. The van der Waals surface area contributed by atoms with Gasteiger partial charge in [-0.05, 0) is 50.1 Å². The first-order valence-corrected chi connectivity index (χ1v) is 11.9. The number of rotatable bonds is 9. The summed E-state index contributed by atoms with van der Waals surface area (Å²) in [5, 5.41) is 5.35. The van der Waals surface area contributed by atoms with Crippen molar-refractivity contribution in [3.63, 3.8) is 0 Å². The maximum atomic E-state index is 13.1. The standard InChI is InChI=1S/C25H30N4O3S/c1-5-11-22(30)26-18-12-10-15-20(16-18)33-21(6-2)24(31)27-23-17(3)28(4)29(25(23)32)19-13-8-7-9-14-19/h7-10,12-16,21H,5-6,11H2,1-4H3,(H,26,30)(H,27,31). The molecule has 2 aromatic carbocycles. The summed E-state index contributed by atoms with van der Waals surface area (Å²) in [6, 6.07) is 16.8. The quantitative estimate of drug-likeness (QED) is 0.447. The van der Waals surface area contributed by atoms with Gasteiger partial charge < -0.3 is 10.6 Å². The molecule has 0 radical (unpaired) electrons. The molecule has 3 rings (SSSR count). The molecule has 0 spiro atoms. The second kappa shape index (κ2) is 11.0. The number of anilines is 2. The van der Waals surface area contributed by atoms with E-state index in [1.54, 1.807) is 16.4 Å². The molecule has 2 N–H and O–H groups in total. The van der Waals surface area contributed by atoms with Crippen LogP contribution in [-0.4, -0.2) is 26.4 Å². The van der Waals surface area contributed by atoms with Crippen molar-refractivity contribution in [3.8, 4) is 5.69 Å². The number of aromatic nitrogens is 2. The number of carbonyl (C=O) groups excluding carboxylic acids is 2. The first-order chi connectivity index (χ1) is 15.8. The zero-order valence-electron chi connectivity index (χ0n) is 19.4. The van der Waals surface area contributed by atoms with Gasteiger partial charge in [-0.3, -0.25) is 19.1 Å². The summed E-state index contributed by atoms with van der Waals surface area (Å²) in [4.78, 5) is 39.0. The third-order valence-corrected chi connectivity index (χ3v) is 6.70. The van der Waals surface area contributed by atoms with Crippen LogP contribution in [0.1, 0.15) is 38.8 Å². The molecule has 0 saturated carbocycles. The number of nitrogens with zero attached hydrogens (tertiary/aromatic N) is 2. The molecule has 3 aromatic rings. The molecule has 8 heteroatoms. The second-order valence-electron chi connectivity index (χ2n) is 7.77. The normalized spacial score (nSPS) is 11.8. The Balaban J connectivity index is 1.77. The average Bonchev–Trinajstić information content (AvgIpc) is 3.01. The molecule has 2 amide bonds. The number of thioether (sulfide) groups is 1. The first kappa shape index (κ1) is 24.4. The topological polar surface area (TPSA) is 85.1 Å². The van der Waals surface area contributed by atoms with E-state index in [0.29, 0.717) is 24.2 Å². The fraction of sp³-hybridized carbons (Fsp3) is 0.320. The van der Waals surface area contributed by atoms with Crippen LogP contribution in [0.2, 0.25) is 0 Å². The Morgan fingerprint density at radius 3 is 2.42 bits per heavy atom. The van der Waals surface area contributed by atoms with E-state index in [-0.39, 0.29) is 23.1 Å². The number of carbonyl (C=O) groups is 2. The third-order valence-electron chi connectivity index (χ3n) is 5.34. The smallest absolute Gasteiger partial charge is 0.295 e. The van der Waals surface area contributed by atoms with Crippen LogP contribution in [0.25, 0.3) is 5.69 Å². The Morgan fingerprint density at radius 2 is 1.76 bits per heavy atom. The van der Waals surface area contributed by atoms with Crippen molar-refractivity contribution >= 4 is 35.0 Å². The molecule has 1 heterocycles. The first-order valence-electron chi connectivity index (χ1n) is 11.1. The second-order valence-corrected chi connectivity index (χ2v) is 9.04. The third kappa shape index (κ3) is 5.76. The number of nitrogens with one attached hydrogen (secondary N) is 2. The van der Waals surface area contributed by atoms with Gasteiger partial charge >= 0.3 is 0 Å². The molecule has 0 saturated heterocycles. The van der Waals surface area contributed by atoms with E-state index in [1.165, 1.54) is 11.8 Å². The van der Waals surface area contributed by atoms with Crippen molar-refractivity contribution in [2.24, 2.45) is 7.05 Å². The molecular weight excluding hydrogens is 436 g/mol. The summed E-state index contributed by atoms with van der Waals surface area (Å²) in [5.41, 5.74) is 2.13. The van der Waals surface area contributed by atoms with Crippen molar-refractivity contribution in [1.82, 2.24) is 9.36 Å². The summed E-state index contributed by atoms with van der Waals surface area (Å²) >= 11 is 1.41. The number of amides is 2. The fourth-order valence-corrected chi connectivity index (χ4v) is 4.51. The molecule has 1 atom stereocenters. The summed E-state index contributed by atoms with van der Waals surface area (Å²) in [7, 11) is 1.80. The highest BCUT2D eigenvalue weighted by molar-refractivity contribution is 8.00. The van der Waals surface area contributed by atoms with Crippen LogP contribution < -0.4 is 16.2 Å². The molecule has 0 aliphatic heterocycles. The fourth-order valence-electron chi connectivity index (χ4n) is 3.50. The Bertz CT molecular complexity index is 1180. The van der Waals surface area contributed by atoms with Crippen LogP contribution >= 0.6 is 11.8 Å². The van der Waals surface area contributed by atoms with E-state index in [4.69, 9.17) is 0 Å². The van der Waals surface area contributed by atoms with Crippen LogP contribution in [0.4, 0.5) is 11.4 Å². The predicted octanol–water partition coefficient (Wildman–Crippen LogP) is 4.73. The molecular formula is C25H30N4O3S. The molecule has 0 aliphatic rings. The lowest BCUT2D eigenvalue weighted by Crippen LogP contribution is -2.28. The summed E-state index contributed by atoms with van der Waals surface area (Å²) < 4.78 is 3.28. The highest BCUT2D eigenvalue weighted by Gasteiger charge is 2.23. The van der Waals surface area contributed by atoms with Gasteiger partial charge in [0.1, 0.15) is 5.69 Å². The molecule has 0 fully saturated rings. The monoisotopic (exact) mass is 466 g/mol. The Morgan fingerprint density at radius 1 is 1.03 bits per heavy atom. The lowest BCUT2D eigenvalue weighted by molar-refractivity contribution is -0.116. The largest absolute Gasteiger partial charge is 0.326 e. The van der Waals surface area contributed by atoms with E-state index in [2.05, 4.69) is 10.6 Å². The van der Waals surface area contributed by atoms with E-state index < -0.39 is 5.25 Å². The van der Waals surface area contributed by atoms with Gasteiger partial charge in [-0.15, -0.1) is 11.8 Å². The zero-order valence-corrected chi connectivity index (χ0v) is 20.2. The van der Waals surface area contributed by atoms with Crippen molar-refractivity contribution < 1.29 is 9.59 Å². The zero-order chi connectivity index (χ0) is 24.0. The highest BCUT2D eigenvalue weighted by atomic mass is 32.2. The lowest BCUT2D eigenvalue weighted by atomic mass is 10.3. The minimum absolute atomic E-state index is 0.0290. The van der Waals surface area contributed by atoms with Gasteiger partial charge in [-0.1, -0.05) is 38.1 Å². The maximum Gasteiger partial charge on any atom is 0.295 e. The van der Waals surface area contributed by atoms with Crippen LogP contribution in [0.15, 0.2) is 64.3 Å². The SMILES string of the molecule is CCCC(=O)Nc1cccc(SC(CC)C(=O)Nc2c(C)n(C)n(-c3ccccc3)c2=O)c1. The average molecular weight is 467 g/mol. The van der Waals surface area contributed by atoms with Crippen molar-refractivity contribution in [1.29, 1.82) is 0 Å². The van der Waals surface area contributed by atoms with Gasteiger partial charge in [0.05, 0.1) is 16.6 Å². The number of hydrogen-bond donors (Lipinski definition) is 2. The van der Waals surface area contributed by atoms with Crippen molar-refractivity contribution in [2.75, 3.05) is 10.6 Å². The molecule has 0 bridgehead atoms. The van der Waals surface area contributed by atoms with Gasteiger partial charge in [0, 0.05) is 24.1 Å². The summed E-state index contributed by atoms with van der Waals surface area (Å²) in [6.45, 7) is 5.70. The number of hydrogen-bond acceptors (Lipinski definition) is 4. The minimum Gasteiger partial charge on any atom is -0.326 e. The van der Waals surface area contributed by atoms with Crippen LogP contribution in [0.3, 0.4) is 0 Å². The van der Waals surface area contributed by atoms with Gasteiger partial charge in [-0.2, -0.15) is 0 Å². The predicted molar refractivity (Wildman–Crippen MR) is 134 cm³/mol. The molecule has 1 unspecified atom stereocenters. The number of para-hydroxylation sites is 1. The van der Waals surface area contributed by atoms with Gasteiger partial charge in [-0.25, -0.2) is 4.68 Å².